The number of alkyl halides is 1. The Kier molecular flexibility index (Phi) is 8.50. The second-order valence-electron chi connectivity index (χ2n) is 4.54. The van der Waals surface area contributed by atoms with Gasteiger partial charge in [0.2, 0.25) is 5.91 Å². The van der Waals surface area contributed by atoms with Crippen LogP contribution in [0.15, 0.2) is 30.3 Å². The fourth-order valence-electron chi connectivity index (χ4n) is 1.93. The molecule has 0 saturated carbocycles. The van der Waals surface area contributed by atoms with Crippen LogP contribution in [0.4, 0.5) is 0 Å². The molecule has 3 nitrogen and oxygen atoms in total. The molecule has 1 N–H and O–H groups in total. The lowest BCUT2D eigenvalue weighted by molar-refractivity contribution is -0.122. The number of aryl methyl sites for hydroxylation is 1. The van der Waals surface area contributed by atoms with Crippen LogP contribution in [-0.4, -0.2) is 31.0 Å². The van der Waals surface area contributed by atoms with E-state index in [1.165, 1.54) is 5.56 Å². The summed E-state index contributed by atoms with van der Waals surface area (Å²) in [6, 6.07) is 10.4. The van der Waals surface area contributed by atoms with E-state index in [-0.39, 0.29) is 11.9 Å². The summed E-state index contributed by atoms with van der Waals surface area (Å²) in [6.07, 6.45) is 3.28. The quantitative estimate of drug-likeness (QED) is 0.708. The fraction of sp³-hybridized carbons (Fsp3) is 0.533. The Labute approximate surface area is 123 Å². The summed E-state index contributed by atoms with van der Waals surface area (Å²) >= 11 is 3.39. The number of nitrogens with one attached hydrogen (secondary N) is 1. The van der Waals surface area contributed by atoms with Crippen LogP contribution >= 0.6 is 15.9 Å². The first kappa shape index (κ1) is 16.2. The standard InChI is InChI=1S/C15H22BrNO2/c1-19-12-14(10-11-16)17-15(18)9-5-8-13-6-3-2-4-7-13/h2-4,6-7,14H,5,8-12H2,1H3,(H,17,18). The molecule has 0 heterocycles. The van der Waals surface area contributed by atoms with Crippen molar-refractivity contribution in [1.29, 1.82) is 0 Å². The topological polar surface area (TPSA) is 38.3 Å². The molecule has 1 unspecified atom stereocenters. The predicted octanol–water partition coefficient (Wildman–Crippen LogP) is 2.93. The normalized spacial score (nSPS) is 12.1. The average molecular weight is 328 g/mol. The number of benzene rings is 1. The molecule has 0 fully saturated rings. The molecule has 0 aliphatic rings. The third-order valence-corrected chi connectivity index (χ3v) is 3.36. The lowest BCUT2D eigenvalue weighted by Gasteiger charge is -2.16. The van der Waals surface area contributed by atoms with Crippen molar-refractivity contribution < 1.29 is 9.53 Å². The molecule has 1 aromatic rings. The Hall–Kier alpha value is -0.870. The Morgan fingerprint density at radius 1 is 1.37 bits per heavy atom. The molecule has 1 atom stereocenters. The van der Waals surface area contributed by atoms with Gasteiger partial charge in [-0.1, -0.05) is 46.3 Å². The second kappa shape index (κ2) is 9.98. The summed E-state index contributed by atoms with van der Waals surface area (Å²) in [7, 11) is 1.66. The summed E-state index contributed by atoms with van der Waals surface area (Å²) in [5.74, 6) is 0.110. The van der Waals surface area contributed by atoms with Crippen LogP contribution in [-0.2, 0) is 16.0 Å². The highest BCUT2D eigenvalue weighted by molar-refractivity contribution is 9.09. The minimum atomic E-state index is 0.105. The number of rotatable bonds is 9. The van der Waals surface area contributed by atoms with Crippen LogP contribution in [0.2, 0.25) is 0 Å². The largest absolute Gasteiger partial charge is 0.383 e. The summed E-state index contributed by atoms with van der Waals surface area (Å²) < 4.78 is 5.10. The highest BCUT2D eigenvalue weighted by atomic mass is 79.9. The summed E-state index contributed by atoms with van der Waals surface area (Å²) in [5, 5.41) is 3.88. The first-order chi connectivity index (χ1) is 9.26. The third kappa shape index (κ3) is 7.33. The van der Waals surface area contributed by atoms with Crippen LogP contribution in [0.3, 0.4) is 0 Å². The van der Waals surface area contributed by atoms with Gasteiger partial charge in [0.25, 0.3) is 0 Å². The molecule has 0 aromatic heterocycles. The molecule has 0 bridgehead atoms. The number of ether oxygens (including phenoxy) is 1. The van der Waals surface area contributed by atoms with Crippen LogP contribution in [0.1, 0.15) is 24.8 Å². The SMILES string of the molecule is COCC(CCBr)NC(=O)CCCc1ccccc1. The third-order valence-electron chi connectivity index (χ3n) is 2.90. The molecule has 0 saturated heterocycles. The van der Waals surface area contributed by atoms with Gasteiger partial charge in [-0.15, -0.1) is 0 Å². The van der Waals surface area contributed by atoms with E-state index >= 15 is 0 Å². The molecule has 106 valence electrons. The fourth-order valence-corrected chi connectivity index (χ4v) is 2.48. The Balaban J connectivity index is 2.23. The van der Waals surface area contributed by atoms with Gasteiger partial charge in [-0.05, 0) is 24.8 Å². The van der Waals surface area contributed by atoms with E-state index in [4.69, 9.17) is 4.74 Å². The average Bonchev–Trinajstić information content (AvgIpc) is 2.40. The molecule has 0 spiro atoms. The lowest BCUT2D eigenvalue weighted by Crippen LogP contribution is -2.38. The van der Waals surface area contributed by atoms with E-state index in [9.17, 15) is 4.79 Å². The zero-order valence-electron chi connectivity index (χ0n) is 11.4. The molecule has 1 aromatic carbocycles. The predicted molar refractivity (Wildman–Crippen MR) is 81.6 cm³/mol. The lowest BCUT2D eigenvalue weighted by atomic mass is 10.1. The van der Waals surface area contributed by atoms with E-state index in [2.05, 4.69) is 33.4 Å². The van der Waals surface area contributed by atoms with Gasteiger partial charge in [0.05, 0.1) is 12.6 Å². The number of carbonyl (C=O) groups excluding carboxylic acids is 1. The minimum absolute atomic E-state index is 0.105. The molecular weight excluding hydrogens is 306 g/mol. The zero-order valence-corrected chi connectivity index (χ0v) is 13.0. The van der Waals surface area contributed by atoms with Gasteiger partial charge in [-0.2, -0.15) is 0 Å². The van der Waals surface area contributed by atoms with E-state index < -0.39 is 0 Å². The molecule has 19 heavy (non-hydrogen) atoms. The summed E-state index contributed by atoms with van der Waals surface area (Å²) in [6.45, 7) is 0.566. The molecule has 0 radical (unpaired) electrons. The van der Waals surface area contributed by atoms with Gasteiger partial charge in [0.1, 0.15) is 0 Å². The maximum absolute atomic E-state index is 11.8. The highest BCUT2D eigenvalue weighted by Crippen LogP contribution is 2.05. The van der Waals surface area contributed by atoms with Gasteiger partial charge >= 0.3 is 0 Å². The first-order valence-corrected chi connectivity index (χ1v) is 7.76. The van der Waals surface area contributed by atoms with Gasteiger partial charge in [-0.3, -0.25) is 4.79 Å². The van der Waals surface area contributed by atoms with Crippen molar-refractivity contribution in [3.63, 3.8) is 0 Å². The molecule has 1 rings (SSSR count). The van der Waals surface area contributed by atoms with E-state index in [0.717, 1.165) is 24.6 Å². The van der Waals surface area contributed by atoms with Gasteiger partial charge in [0.15, 0.2) is 0 Å². The second-order valence-corrected chi connectivity index (χ2v) is 5.33. The number of amides is 1. The van der Waals surface area contributed by atoms with Gasteiger partial charge < -0.3 is 10.1 Å². The molecule has 1 amide bonds. The number of methoxy groups -OCH3 is 1. The van der Waals surface area contributed by atoms with Crippen LogP contribution in [0, 0.1) is 0 Å². The number of carbonyl (C=O) groups is 1. The van der Waals surface area contributed by atoms with E-state index in [1.54, 1.807) is 7.11 Å². The molecular formula is C15H22BrNO2. The number of hydrogen-bond donors (Lipinski definition) is 1. The van der Waals surface area contributed by atoms with Crippen molar-refractivity contribution >= 4 is 21.8 Å². The Bertz CT molecular complexity index is 350. The molecule has 4 heteroatoms. The Morgan fingerprint density at radius 2 is 2.11 bits per heavy atom. The number of hydrogen-bond acceptors (Lipinski definition) is 2. The summed E-state index contributed by atoms with van der Waals surface area (Å²) in [4.78, 5) is 11.8. The van der Waals surface area contributed by atoms with E-state index in [0.29, 0.717) is 13.0 Å². The minimum Gasteiger partial charge on any atom is -0.383 e. The smallest absolute Gasteiger partial charge is 0.220 e. The maximum Gasteiger partial charge on any atom is 0.220 e. The van der Waals surface area contributed by atoms with Crippen LogP contribution in [0.25, 0.3) is 0 Å². The first-order valence-electron chi connectivity index (χ1n) is 6.64. The number of halogens is 1. The van der Waals surface area contributed by atoms with E-state index in [1.807, 2.05) is 18.2 Å². The van der Waals surface area contributed by atoms with Crippen molar-refractivity contribution in [3.8, 4) is 0 Å². The van der Waals surface area contributed by atoms with Crippen molar-refractivity contribution in [2.75, 3.05) is 19.0 Å². The molecule has 0 aliphatic carbocycles. The highest BCUT2D eigenvalue weighted by Gasteiger charge is 2.11. The monoisotopic (exact) mass is 327 g/mol. The molecule has 0 aliphatic heterocycles. The van der Waals surface area contributed by atoms with Gasteiger partial charge in [-0.25, -0.2) is 0 Å². The van der Waals surface area contributed by atoms with Crippen molar-refractivity contribution in [2.24, 2.45) is 0 Å². The van der Waals surface area contributed by atoms with Gasteiger partial charge in [0, 0.05) is 18.9 Å². The zero-order chi connectivity index (χ0) is 13.9. The van der Waals surface area contributed by atoms with Crippen molar-refractivity contribution in [2.45, 2.75) is 31.7 Å². The van der Waals surface area contributed by atoms with Crippen molar-refractivity contribution in [1.82, 2.24) is 5.32 Å². The Morgan fingerprint density at radius 3 is 2.74 bits per heavy atom. The van der Waals surface area contributed by atoms with Crippen LogP contribution in [0.5, 0.6) is 0 Å². The van der Waals surface area contributed by atoms with Crippen LogP contribution < -0.4 is 5.32 Å². The summed E-state index contributed by atoms with van der Waals surface area (Å²) in [5.41, 5.74) is 1.28. The maximum atomic E-state index is 11.8. The van der Waals surface area contributed by atoms with Crippen molar-refractivity contribution in [3.05, 3.63) is 35.9 Å².